The molecule has 2 rings (SSSR count). The van der Waals surface area contributed by atoms with Crippen LogP contribution in [-0.4, -0.2) is 24.2 Å². The van der Waals surface area contributed by atoms with E-state index in [1.165, 1.54) is 6.42 Å². The molecule has 1 unspecified atom stereocenters. The van der Waals surface area contributed by atoms with Crippen molar-refractivity contribution in [2.45, 2.75) is 19.8 Å². The van der Waals surface area contributed by atoms with Crippen LogP contribution in [0.4, 0.5) is 11.4 Å². The molecule has 1 aromatic carbocycles. The minimum atomic E-state index is -0.906. The summed E-state index contributed by atoms with van der Waals surface area (Å²) in [5.74, 6) is -0.270. The van der Waals surface area contributed by atoms with E-state index in [9.17, 15) is 4.79 Å². The van der Waals surface area contributed by atoms with E-state index >= 15 is 0 Å². The number of nitrogens with two attached hydrogens (primary N) is 1. The van der Waals surface area contributed by atoms with Gasteiger partial charge in [-0.3, -0.25) is 0 Å². The smallest absolute Gasteiger partial charge is 0.335 e. The fourth-order valence-corrected chi connectivity index (χ4v) is 2.36. The summed E-state index contributed by atoms with van der Waals surface area (Å²) >= 11 is 0. The number of nitrogen functional groups attached to an aromatic ring is 1. The molecular formula is C13H18N2O2. The van der Waals surface area contributed by atoms with E-state index in [4.69, 9.17) is 10.8 Å². The molecule has 3 N–H and O–H groups in total. The molecule has 17 heavy (non-hydrogen) atoms. The Morgan fingerprint density at radius 2 is 2.29 bits per heavy atom. The molecule has 1 aliphatic heterocycles. The number of rotatable bonds is 2. The molecule has 1 aliphatic rings. The highest BCUT2D eigenvalue weighted by molar-refractivity contribution is 5.90. The van der Waals surface area contributed by atoms with E-state index in [2.05, 4.69) is 11.8 Å². The number of aromatic carboxylic acids is 1. The van der Waals surface area contributed by atoms with Crippen molar-refractivity contribution in [3.8, 4) is 0 Å². The Bertz CT molecular complexity index is 431. The highest BCUT2D eigenvalue weighted by Crippen LogP contribution is 2.29. The van der Waals surface area contributed by atoms with Gasteiger partial charge in [0.15, 0.2) is 0 Å². The van der Waals surface area contributed by atoms with Crippen LogP contribution in [0.25, 0.3) is 0 Å². The molecule has 0 saturated carbocycles. The summed E-state index contributed by atoms with van der Waals surface area (Å²) in [6.07, 6.45) is 2.37. The topological polar surface area (TPSA) is 66.6 Å². The number of hydrogen-bond donors (Lipinski definition) is 2. The van der Waals surface area contributed by atoms with E-state index < -0.39 is 5.97 Å². The molecule has 0 radical (unpaired) electrons. The second kappa shape index (κ2) is 4.65. The van der Waals surface area contributed by atoms with E-state index in [0.717, 1.165) is 25.2 Å². The van der Waals surface area contributed by atoms with Gasteiger partial charge in [0.05, 0.1) is 16.9 Å². The maximum absolute atomic E-state index is 11.0. The van der Waals surface area contributed by atoms with Gasteiger partial charge >= 0.3 is 5.97 Å². The van der Waals surface area contributed by atoms with E-state index in [1.807, 2.05) is 0 Å². The number of hydrogen-bond acceptors (Lipinski definition) is 3. The highest BCUT2D eigenvalue weighted by Gasteiger charge is 2.19. The summed E-state index contributed by atoms with van der Waals surface area (Å²) in [6.45, 7) is 4.12. The van der Waals surface area contributed by atoms with Crippen LogP contribution in [0.3, 0.4) is 0 Å². The molecule has 0 spiro atoms. The third-order valence-electron chi connectivity index (χ3n) is 3.28. The van der Waals surface area contributed by atoms with Crippen LogP contribution in [0.15, 0.2) is 18.2 Å². The van der Waals surface area contributed by atoms with Crippen LogP contribution in [0.5, 0.6) is 0 Å². The van der Waals surface area contributed by atoms with Gasteiger partial charge in [0, 0.05) is 13.1 Å². The highest BCUT2D eigenvalue weighted by atomic mass is 16.4. The van der Waals surface area contributed by atoms with Gasteiger partial charge in [-0.1, -0.05) is 6.92 Å². The predicted molar refractivity (Wildman–Crippen MR) is 68.4 cm³/mol. The summed E-state index contributed by atoms with van der Waals surface area (Å²) in [7, 11) is 0. The van der Waals surface area contributed by atoms with Crippen molar-refractivity contribution in [2.75, 3.05) is 23.7 Å². The minimum absolute atomic E-state index is 0.299. The van der Waals surface area contributed by atoms with Gasteiger partial charge in [0.2, 0.25) is 0 Å². The number of piperidine rings is 1. The molecule has 0 bridgehead atoms. The first kappa shape index (κ1) is 11.8. The standard InChI is InChI=1S/C13H18N2O2/c1-9-3-2-6-15(8-9)12-7-10(13(16)17)4-5-11(12)14/h4-5,7,9H,2-3,6,8,14H2,1H3,(H,16,17). The van der Waals surface area contributed by atoms with Gasteiger partial charge in [0.25, 0.3) is 0 Å². The Morgan fingerprint density at radius 3 is 2.94 bits per heavy atom. The zero-order valence-corrected chi connectivity index (χ0v) is 10.0. The van der Waals surface area contributed by atoms with Gasteiger partial charge in [-0.25, -0.2) is 4.79 Å². The van der Waals surface area contributed by atoms with E-state index in [0.29, 0.717) is 17.2 Å². The first-order valence-corrected chi connectivity index (χ1v) is 5.95. The van der Waals surface area contributed by atoms with E-state index in [1.54, 1.807) is 18.2 Å². The van der Waals surface area contributed by atoms with Crippen LogP contribution in [-0.2, 0) is 0 Å². The Balaban J connectivity index is 2.29. The van der Waals surface area contributed by atoms with Gasteiger partial charge in [-0.15, -0.1) is 0 Å². The predicted octanol–water partition coefficient (Wildman–Crippen LogP) is 2.20. The molecule has 0 aliphatic carbocycles. The number of benzene rings is 1. The summed E-state index contributed by atoms with van der Waals surface area (Å²) in [5.41, 5.74) is 7.74. The third-order valence-corrected chi connectivity index (χ3v) is 3.28. The van der Waals surface area contributed by atoms with Gasteiger partial charge in [0.1, 0.15) is 0 Å². The molecule has 1 saturated heterocycles. The molecular weight excluding hydrogens is 216 g/mol. The van der Waals surface area contributed by atoms with Crippen LogP contribution < -0.4 is 10.6 Å². The van der Waals surface area contributed by atoms with Crippen molar-refractivity contribution in [3.63, 3.8) is 0 Å². The summed E-state index contributed by atoms with van der Waals surface area (Å²) in [4.78, 5) is 13.1. The maximum atomic E-state index is 11.0. The Morgan fingerprint density at radius 1 is 1.53 bits per heavy atom. The Hall–Kier alpha value is -1.71. The Kier molecular flexibility index (Phi) is 3.22. The second-order valence-corrected chi connectivity index (χ2v) is 4.77. The second-order valence-electron chi connectivity index (χ2n) is 4.77. The van der Waals surface area contributed by atoms with Gasteiger partial charge in [-0.05, 0) is 37.0 Å². The first-order valence-electron chi connectivity index (χ1n) is 5.95. The normalized spacial score (nSPS) is 20.3. The lowest BCUT2D eigenvalue weighted by Crippen LogP contribution is -2.34. The van der Waals surface area contributed by atoms with Crippen molar-refractivity contribution >= 4 is 17.3 Å². The summed E-state index contributed by atoms with van der Waals surface area (Å²) in [6, 6.07) is 4.91. The number of carboxylic acid groups (broad SMARTS) is 1. The Labute approximate surface area is 101 Å². The molecule has 1 atom stereocenters. The van der Waals surface area contributed by atoms with Crippen LogP contribution in [0, 0.1) is 5.92 Å². The zero-order chi connectivity index (χ0) is 12.4. The van der Waals surface area contributed by atoms with Crippen LogP contribution >= 0.6 is 0 Å². The molecule has 1 aromatic rings. The largest absolute Gasteiger partial charge is 0.478 e. The van der Waals surface area contributed by atoms with E-state index in [-0.39, 0.29) is 0 Å². The SMILES string of the molecule is CC1CCCN(c2cc(C(=O)O)ccc2N)C1. The molecule has 1 fully saturated rings. The van der Waals surface area contributed by atoms with Crippen LogP contribution in [0.1, 0.15) is 30.1 Å². The number of carboxylic acids is 1. The molecule has 0 amide bonds. The van der Waals surface area contributed by atoms with Crippen molar-refractivity contribution in [1.29, 1.82) is 0 Å². The summed E-state index contributed by atoms with van der Waals surface area (Å²) in [5, 5.41) is 8.99. The maximum Gasteiger partial charge on any atom is 0.335 e. The summed E-state index contributed by atoms with van der Waals surface area (Å²) < 4.78 is 0. The lowest BCUT2D eigenvalue weighted by atomic mass is 9.99. The monoisotopic (exact) mass is 234 g/mol. The zero-order valence-electron chi connectivity index (χ0n) is 10.0. The van der Waals surface area contributed by atoms with Crippen molar-refractivity contribution in [2.24, 2.45) is 5.92 Å². The molecule has 4 nitrogen and oxygen atoms in total. The fraction of sp³-hybridized carbons (Fsp3) is 0.462. The first-order chi connectivity index (χ1) is 8.08. The lowest BCUT2D eigenvalue weighted by Gasteiger charge is -2.33. The van der Waals surface area contributed by atoms with Gasteiger partial charge < -0.3 is 15.7 Å². The molecule has 4 heteroatoms. The molecule has 92 valence electrons. The quantitative estimate of drug-likeness (QED) is 0.770. The van der Waals surface area contributed by atoms with Crippen LogP contribution in [0.2, 0.25) is 0 Å². The number of carbonyl (C=O) groups is 1. The molecule has 1 heterocycles. The minimum Gasteiger partial charge on any atom is -0.478 e. The van der Waals surface area contributed by atoms with Gasteiger partial charge in [-0.2, -0.15) is 0 Å². The number of nitrogens with zero attached hydrogens (tertiary/aromatic N) is 1. The van der Waals surface area contributed by atoms with Crippen molar-refractivity contribution in [1.82, 2.24) is 0 Å². The average Bonchev–Trinajstić information content (AvgIpc) is 2.29. The lowest BCUT2D eigenvalue weighted by molar-refractivity contribution is 0.0697. The fourth-order valence-electron chi connectivity index (χ4n) is 2.36. The number of anilines is 2. The van der Waals surface area contributed by atoms with Crippen molar-refractivity contribution < 1.29 is 9.90 Å². The average molecular weight is 234 g/mol. The third kappa shape index (κ3) is 2.52. The molecule has 0 aromatic heterocycles. The van der Waals surface area contributed by atoms with Crippen molar-refractivity contribution in [3.05, 3.63) is 23.8 Å².